The molecule has 0 saturated carbocycles. The van der Waals surface area contributed by atoms with E-state index in [2.05, 4.69) is 86.4 Å². The molecule has 0 aromatic rings. The first-order valence-electron chi connectivity index (χ1n) is 21.6. The van der Waals surface area contributed by atoms with Crippen molar-refractivity contribution in [3.63, 3.8) is 0 Å². The molecule has 50 heavy (non-hydrogen) atoms. The molecule has 0 aliphatic carbocycles. The van der Waals surface area contributed by atoms with Crippen LogP contribution in [-0.4, -0.2) is 55.8 Å². The van der Waals surface area contributed by atoms with Crippen LogP contribution < -0.4 is 0 Å². The van der Waals surface area contributed by atoms with Gasteiger partial charge in [0.05, 0.1) is 0 Å². The van der Waals surface area contributed by atoms with Gasteiger partial charge in [-0.1, -0.05) is 152 Å². The molecule has 0 aromatic heterocycles. The third kappa shape index (κ3) is 39.3. The molecule has 0 aliphatic heterocycles. The normalized spacial score (nSPS) is 12.7. The quantitative estimate of drug-likeness (QED) is 0.0393. The lowest BCUT2D eigenvalue weighted by molar-refractivity contribution is -0.148. The minimum atomic E-state index is -0.0297. The standard InChI is InChI=1S/C46H85NO3/c1-4-7-10-13-16-17-18-19-20-21-22-23-24-25-26-27-28-33-40-47(42-35-36-43-48)41-34-31-32-39-46(49-44-37-29-14-11-8-5-2)50-45-38-30-15-12-9-6-3/h7,10,16-17,19-20,22-23,25-26,46,48H,4-6,8-9,11-15,18,21,24,27-45H2,1-3H3/b10-7-,17-16-,20-19-,23-22-,26-25-. The second-order valence-corrected chi connectivity index (χ2v) is 14.0. The molecule has 0 amide bonds. The fourth-order valence-corrected chi connectivity index (χ4v) is 5.98. The molecule has 292 valence electrons. The van der Waals surface area contributed by atoms with Crippen LogP contribution >= 0.6 is 0 Å². The number of unbranched alkanes of at least 4 members (excludes halogenated alkanes) is 15. The highest BCUT2D eigenvalue weighted by Crippen LogP contribution is 2.14. The van der Waals surface area contributed by atoms with Crippen molar-refractivity contribution >= 4 is 0 Å². The molecule has 0 fully saturated rings. The van der Waals surface area contributed by atoms with Crippen LogP contribution in [0.1, 0.15) is 188 Å². The summed E-state index contributed by atoms with van der Waals surface area (Å²) in [7, 11) is 0. The fraction of sp³-hybridized carbons (Fsp3) is 0.783. The molecule has 0 unspecified atom stereocenters. The summed E-state index contributed by atoms with van der Waals surface area (Å²) >= 11 is 0. The van der Waals surface area contributed by atoms with Gasteiger partial charge >= 0.3 is 0 Å². The van der Waals surface area contributed by atoms with Gasteiger partial charge in [-0.05, 0) is 116 Å². The summed E-state index contributed by atoms with van der Waals surface area (Å²) in [6, 6.07) is 0. The van der Waals surface area contributed by atoms with Crippen LogP contribution in [0.4, 0.5) is 0 Å². The summed E-state index contributed by atoms with van der Waals surface area (Å²) in [6.45, 7) is 12.1. The summed E-state index contributed by atoms with van der Waals surface area (Å²) in [5, 5.41) is 9.31. The van der Waals surface area contributed by atoms with Gasteiger partial charge in [0.1, 0.15) is 0 Å². The van der Waals surface area contributed by atoms with Crippen molar-refractivity contribution in [1.82, 2.24) is 4.90 Å². The molecule has 0 aliphatic rings. The molecule has 4 heteroatoms. The third-order valence-corrected chi connectivity index (χ3v) is 9.15. The maximum atomic E-state index is 9.31. The first-order chi connectivity index (χ1) is 24.8. The number of hydrogen-bond acceptors (Lipinski definition) is 4. The first-order valence-corrected chi connectivity index (χ1v) is 21.6. The van der Waals surface area contributed by atoms with E-state index >= 15 is 0 Å². The van der Waals surface area contributed by atoms with Crippen LogP contribution in [0.2, 0.25) is 0 Å². The molecule has 0 atom stereocenters. The number of hydrogen-bond donors (Lipinski definition) is 1. The van der Waals surface area contributed by atoms with Crippen LogP contribution in [0, 0.1) is 0 Å². The average molecular weight is 700 g/mol. The number of allylic oxidation sites excluding steroid dienone is 10. The summed E-state index contributed by atoms with van der Waals surface area (Å²) in [4.78, 5) is 2.64. The SMILES string of the molecule is CC/C=C\C/C=C\C/C=C\C/C=C\C/C=C\CCCCN(CCCCO)CCCCCC(OCCCCCCCC)OCCCCCCCC. The minimum Gasteiger partial charge on any atom is -0.396 e. The van der Waals surface area contributed by atoms with Crippen LogP contribution in [-0.2, 0) is 9.47 Å². The van der Waals surface area contributed by atoms with Gasteiger partial charge in [0.25, 0.3) is 0 Å². The molecule has 0 spiro atoms. The zero-order valence-corrected chi connectivity index (χ0v) is 33.7. The molecule has 0 heterocycles. The van der Waals surface area contributed by atoms with Crippen molar-refractivity contribution in [3.8, 4) is 0 Å². The second-order valence-electron chi connectivity index (χ2n) is 14.0. The largest absolute Gasteiger partial charge is 0.396 e. The van der Waals surface area contributed by atoms with Crippen LogP contribution in [0.3, 0.4) is 0 Å². The van der Waals surface area contributed by atoms with Crippen LogP contribution in [0.15, 0.2) is 60.8 Å². The van der Waals surface area contributed by atoms with Gasteiger partial charge in [-0.2, -0.15) is 0 Å². The van der Waals surface area contributed by atoms with E-state index in [1.54, 1.807) is 0 Å². The second kappa shape index (κ2) is 43.7. The monoisotopic (exact) mass is 700 g/mol. The zero-order valence-electron chi connectivity index (χ0n) is 33.7. The van der Waals surface area contributed by atoms with E-state index in [0.717, 1.165) is 96.9 Å². The number of nitrogens with zero attached hydrogens (tertiary/aromatic N) is 1. The maximum Gasteiger partial charge on any atom is 0.157 e. The Bertz CT molecular complexity index is 768. The highest BCUT2D eigenvalue weighted by atomic mass is 16.7. The van der Waals surface area contributed by atoms with E-state index in [4.69, 9.17) is 9.47 Å². The number of ether oxygens (including phenoxy) is 2. The van der Waals surface area contributed by atoms with E-state index in [-0.39, 0.29) is 6.29 Å². The van der Waals surface area contributed by atoms with Crippen molar-refractivity contribution < 1.29 is 14.6 Å². The molecule has 0 aromatic carbocycles. The summed E-state index contributed by atoms with van der Waals surface area (Å²) in [6.07, 6.45) is 53.7. The molecule has 0 saturated heterocycles. The lowest BCUT2D eigenvalue weighted by Crippen LogP contribution is -2.27. The summed E-state index contributed by atoms with van der Waals surface area (Å²) in [5.41, 5.74) is 0. The predicted octanol–water partition coefficient (Wildman–Crippen LogP) is 13.6. The van der Waals surface area contributed by atoms with Gasteiger partial charge in [-0.15, -0.1) is 0 Å². The molecule has 1 N–H and O–H groups in total. The Morgan fingerprint density at radius 2 is 0.860 bits per heavy atom. The Hall–Kier alpha value is -1.46. The molecule has 0 rings (SSSR count). The third-order valence-electron chi connectivity index (χ3n) is 9.15. The van der Waals surface area contributed by atoms with Crippen molar-refractivity contribution in [3.05, 3.63) is 60.8 Å². The Kier molecular flexibility index (Phi) is 42.4. The van der Waals surface area contributed by atoms with E-state index in [9.17, 15) is 5.11 Å². The van der Waals surface area contributed by atoms with E-state index in [1.165, 1.54) is 103 Å². The van der Waals surface area contributed by atoms with Crippen molar-refractivity contribution in [2.45, 2.75) is 194 Å². The van der Waals surface area contributed by atoms with Gasteiger partial charge in [0.2, 0.25) is 0 Å². The number of rotatable bonds is 40. The van der Waals surface area contributed by atoms with Gasteiger partial charge in [0, 0.05) is 19.8 Å². The lowest BCUT2D eigenvalue weighted by atomic mass is 10.1. The number of aliphatic hydroxyl groups is 1. The van der Waals surface area contributed by atoms with Gasteiger partial charge < -0.3 is 19.5 Å². The first kappa shape index (κ1) is 48.5. The highest BCUT2D eigenvalue weighted by Gasteiger charge is 2.10. The fourth-order valence-electron chi connectivity index (χ4n) is 5.98. The molecular formula is C46H85NO3. The van der Waals surface area contributed by atoms with E-state index < -0.39 is 0 Å². The van der Waals surface area contributed by atoms with Crippen molar-refractivity contribution in [1.29, 1.82) is 0 Å². The van der Waals surface area contributed by atoms with Crippen molar-refractivity contribution in [2.75, 3.05) is 39.5 Å². The summed E-state index contributed by atoms with van der Waals surface area (Å²) < 4.78 is 12.5. The topological polar surface area (TPSA) is 41.9 Å². The van der Waals surface area contributed by atoms with Crippen molar-refractivity contribution in [2.24, 2.45) is 0 Å². The van der Waals surface area contributed by atoms with E-state index in [1.807, 2.05) is 0 Å². The lowest BCUT2D eigenvalue weighted by Gasteiger charge is -2.22. The van der Waals surface area contributed by atoms with Gasteiger partial charge in [0.15, 0.2) is 6.29 Å². The van der Waals surface area contributed by atoms with Crippen LogP contribution in [0.25, 0.3) is 0 Å². The van der Waals surface area contributed by atoms with E-state index in [0.29, 0.717) is 6.61 Å². The highest BCUT2D eigenvalue weighted by molar-refractivity contribution is 5.00. The maximum absolute atomic E-state index is 9.31. The Morgan fingerprint density at radius 3 is 1.36 bits per heavy atom. The predicted molar refractivity (Wildman–Crippen MR) is 222 cm³/mol. The smallest absolute Gasteiger partial charge is 0.157 e. The molecule has 0 radical (unpaired) electrons. The minimum absolute atomic E-state index is 0.0297. The molecule has 4 nitrogen and oxygen atoms in total. The van der Waals surface area contributed by atoms with Crippen LogP contribution in [0.5, 0.6) is 0 Å². The number of aliphatic hydroxyl groups excluding tert-OH is 1. The molecular weight excluding hydrogens is 615 g/mol. The average Bonchev–Trinajstić information content (AvgIpc) is 3.12. The summed E-state index contributed by atoms with van der Waals surface area (Å²) in [5.74, 6) is 0. The van der Waals surface area contributed by atoms with Gasteiger partial charge in [-0.3, -0.25) is 0 Å². The Balaban J connectivity index is 4.26. The zero-order chi connectivity index (χ0) is 36.3. The Labute approximate surface area is 312 Å². The Morgan fingerprint density at radius 1 is 0.440 bits per heavy atom. The van der Waals surface area contributed by atoms with Gasteiger partial charge in [-0.25, -0.2) is 0 Å². The molecule has 0 bridgehead atoms.